The smallest absolute Gasteiger partial charge is 0.0637 e. The van der Waals surface area contributed by atoms with Gasteiger partial charge in [-0.05, 0) is 41.1 Å². The van der Waals surface area contributed by atoms with Gasteiger partial charge in [0.2, 0.25) is 0 Å². The third kappa shape index (κ3) is 3.39. The summed E-state index contributed by atoms with van der Waals surface area (Å²) in [5.74, 6) is 0. The van der Waals surface area contributed by atoms with Crippen LogP contribution >= 0.6 is 15.9 Å². The van der Waals surface area contributed by atoms with Crippen LogP contribution in [0.15, 0.2) is 22.7 Å². The molecule has 1 rings (SSSR count). The summed E-state index contributed by atoms with van der Waals surface area (Å²) in [7, 11) is 1.71. The van der Waals surface area contributed by atoms with Gasteiger partial charge < -0.3 is 15.4 Å². The van der Waals surface area contributed by atoms with Crippen molar-refractivity contribution in [2.45, 2.75) is 6.92 Å². The fourth-order valence-electron chi connectivity index (χ4n) is 1.43. The Kier molecular flexibility index (Phi) is 4.91. The molecule has 15 heavy (non-hydrogen) atoms. The Morgan fingerprint density at radius 3 is 2.73 bits per heavy atom. The van der Waals surface area contributed by atoms with Crippen LogP contribution in [0, 0.1) is 0 Å². The second-order valence-corrected chi connectivity index (χ2v) is 4.14. The van der Waals surface area contributed by atoms with Crippen LogP contribution in [0.25, 0.3) is 0 Å². The van der Waals surface area contributed by atoms with Crippen molar-refractivity contribution in [3.05, 3.63) is 22.7 Å². The molecule has 0 aliphatic carbocycles. The molecule has 0 saturated carbocycles. The second kappa shape index (κ2) is 5.98. The highest BCUT2D eigenvalue weighted by Crippen LogP contribution is 2.27. The van der Waals surface area contributed by atoms with Gasteiger partial charge in [0.25, 0.3) is 0 Å². The van der Waals surface area contributed by atoms with Crippen molar-refractivity contribution < 1.29 is 4.74 Å². The molecule has 84 valence electrons. The van der Waals surface area contributed by atoms with Crippen LogP contribution < -0.4 is 10.6 Å². The van der Waals surface area contributed by atoms with Crippen LogP contribution in [0.1, 0.15) is 6.92 Å². The third-order valence-electron chi connectivity index (χ3n) is 2.26. The van der Waals surface area contributed by atoms with Crippen molar-refractivity contribution >= 4 is 27.3 Å². The van der Waals surface area contributed by atoms with Crippen molar-refractivity contribution in [2.24, 2.45) is 0 Å². The summed E-state index contributed by atoms with van der Waals surface area (Å²) in [6, 6.07) is 5.86. The number of hydrogen-bond donors (Lipinski definition) is 1. The van der Waals surface area contributed by atoms with Gasteiger partial charge >= 0.3 is 0 Å². The lowest BCUT2D eigenvalue weighted by Crippen LogP contribution is -2.27. The molecular weight excluding hydrogens is 256 g/mol. The number of methoxy groups -OCH3 is 1. The maximum atomic E-state index is 5.70. The molecule has 0 fully saturated rings. The van der Waals surface area contributed by atoms with E-state index in [1.54, 1.807) is 7.11 Å². The molecule has 4 heteroatoms. The lowest BCUT2D eigenvalue weighted by Gasteiger charge is -2.24. The van der Waals surface area contributed by atoms with Crippen molar-refractivity contribution in [1.29, 1.82) is 0 Å². The van der Waals surface area contributed by atoms with E-state index in [0.717, 1.165) is 35.5 Å². The average molecular weight is 273 g/mol. The SMILES string of the molecule is CCN(CCOC)c1ccc(N)cc1Br. The number of nitrogens with zero attached hydrogens (tertiary/aromatic N) is 1. The first-order valence-corrected chi connectivity index (χ1v) is 5.77. The van der Waals surface area contributed by atoms with E-state index in [0.29, 0.717) is 0 Å². The molecule has 1 aromatic rings. The zero-order chi connectivity index (χ0) is 11.3. The molecule has 0 unspecified atom stereocenters. The van der Waals surface area contributed by atoms with E-state index in [-0.39, 0.29) is 0 Å². The molecule has 0 aromatic heterocycles. The summed E-state index contributed by atoms with van der Waals surface area (Å²) in [6.07, 6.45) is 0. The van der Waals surface area contributed by atoms with E-state index in [1.165, 1.54) is 0 Å². The number of benzene rings is 1. The minimum absolute atomic E-state index is 0.727. The van der Waals surface area contributed by atoms with Gasteiger partial charge in [-0.2, -0.15) is 0 Å². The first-order valence-electron chi connectivity index (χ1n) is 4.98. The van der Waals surface area contributed by atoms with E-state index in [1.807, 2.05) is 18.2 Å². The van der Waals surface area contributed by atoms with Crippen LogP contribution in [0.4, 0.5) is 11.4 Å². The van der Waals surface area contributed by atoms with Gasteiger partial charge in [-0.1, -0.05) is 0 Å². The van der Waals surface area contributed by atoms with Crippen LogP contribution in [0.2, 0.25) is 0 Å². The van der Waals surface area contributed by atoms with E-state index in [9.17, 15) is 0 Å². The number of nitrogens with two attached hydrogens (primary N) is 1. The average Bonchev–Trinajstić information content (AvgIpc) is 2.21. The largest absolute Gasteiger partial charge is 0.399 e. The molecule has 1 aromatic carbocycles. The third-order valence-corrected chi connectivity index (χ3v) is 2.89. The molecule has 0 spiro atoms. The van der Waals surface area contributed by atoms with Gasteiger partial charge in [0, 0.05) is 30.4 Å². The molecule has 0 radical (unpaired) electrons. The summed E-state index contributed by atoms with van der Waals surface area (Å²) < 4.78 is 6.11. The van der Waals surface area contributed by atoms with Gasteiger partial charge in [-0.15, -0.1) is 0 Å². The summed E-state index contributed by atoms with van der Waals surface area (Å²) in [5.41, 5.74) is 7.62. The zero-order valence-corrected chi connectivity index (χ0v) is 10.8. The predicted molar refractivity (Wildman–Crippen MR) is 68.3 cm³/mol. The Morgan fingerprint density at radius 1 is 1.47 bits per heavy atom. The minimum Gasteiger partial charge on any atom is -0.399 e. The maximum Gasteiger partial charge on any atom is 0.0637 e. The Morgan fingerprint density at radius 2 is 2.20 bits per heavy atom. The molecular formula is C11H17BrN2O. The highest BCUT2D eigenvalue weighted by atomic mass is 79.9. The molecule has 2 N–H and O–H groups in total. The Hall–Kier alpha value is -0.740. The number of rotatable bonds is 5. The first kappa shape index (κ1) is 12.3. The van der Waals surface area contributed by atoms with E-state index < -0.39 is 0 Å². The number of halogens is 1. The minimum atomic E-state index is 0.727. The molecule has 0 amide bonds. The molecule has 0 saturated heterocycles. The normalized spacial score (nSPS) is 10.3. The Labute approximate surface area is 99.3 Å². The fraction of sp³-hybridized carbons (Fsp3) is 0.455. The van der Waals surface area contributed by atoms with Crippen molar-refractivity contribution in [3.8, 4) is 0 Å². The number of likely N-dealkylation sites (N-methyl/N-ethyl adjacent to an activating group) is 1. The Bertz CT molecular complexity index is 317. The predicted octanol–water partition coefficient (Wildman–Crippen LogP) is 2.50. The standard InChI is InChI=1S/C11H17BrN2O/c1-3-14(6-7-15-2)11-5-4-9(13)8-10(11)12/h4-5,8H,3,6-7,13H2,1-2H3. The van der Waals surface area contributed by atoms with Crippen LogP contribution in [0.3, 0.4) is 0 Å². The van der Waals surface area contributed by atoms with Crippen molar-refractivity contribution in [3.63, 3.8) is 0 Å². The highest BCUT2D eigenvalue weighted by Gasteiger charge is 2.07. The van der Waals surface area contributed by atoms with Crippen molar-refractivity contribution in [2.75, 3.05) is 37.4 Å². The van der Waals surface area contributed by atoms with Gasteiger partial charge in [0.1, 0.15) is 0 Å². The molecule has 0 aliphatic heterocycles. The van der Waals surface area contributed by atoms with E-state index in [2.05, 4.69) is 27.8 Å². The zero-order valence-electron chi connectivity index (χ0n) is 9.16. The number of nitrogen functional groups attached to an aromatic ring is 1. The number of hydrogen-bond acceptors (Lipinski definition) is 3. The Balaban J connectivity index is 2.81. The van der Waals surface area contributed by atoms with Gasteiger partial charge in [0.15, 0.2) is 0 Å². The van der Waals surface area contributed by atoms with E-state index in [4.69, 9.17) is 10.5 Å². The lowest BCUT2D eigenvalue weighted by molar-refractivity contribution is 0.205. The molecule has 3 nitrogen and oxygen atoms in total. The van der Waals surface area contributed by atoms with Gasteiger partial charge in [-0.25, -0.2) is 0 Å². The van der Waals surface area contributed by atoms with E-state index >= 15 is 0 Å². The molecule has 0 aliphatic rings. The second-order valence-electron chi connectivity index (χ2n) is 3.28. The summed E-state index contributed by atoms with van der Waals surface area (Å²) in [5, 5.41) is 0. The molecule has 0 heterocycles. The van der Waals surface area contributed by atoms with Gasteiger partial charge in [0.05, 0.1) is 12.3 Å². The fourth-order valence-corrected chi connectivity index (χ4v) is 2.08. The number of anilines is 2. The van der Waals surface area contributed by atoms with Crippen LogP contribution in [-0.2, 0) is 4.74 Å². The monoisotopic (exact) mass is 272 g/mol. The summed E-state index contributed by atoms with van der Waals surface area (Å²) in [6.45, 7) is 4.69. The molecule has 0 atom stereocenters. The van der Waals surface area contributed by atoms with Gasteiger partial charge in [-0.3, -0.25) is 0 Å². The van der Waals surface area contributed by atoms with Crippen molar-refractivity contribution in [1.82, 2.24) is 0 Å². The number of ether oxygens (including phenoxy) is 1. The summed E-state index contributed by atoms with van der Waals surface area (Å²) in [4.78, 5) is 2.24. The molecule has 0 bridgehead atoms. The first-order chi connectivity index (χ1) is 7.19. The highest BCUT2D eigenvalue weighted by molar-refractivity contribution is 9.10. The van der Waals surface area contributed by atoms with Crippen LogP contribution in [-0.4, -0.2) is 26.8 Å². The quantitative estimate of drug-likeness (QED) is 0.838. The van der Waals surface area contributed by atoms with Crippen LogP contribution in [0.5, 0.6) is 0 Å². The topological polar surface area (TPSA) is 38.5 Å². The summed E-state index contributed by atoms with van der Waals surface area (Å²) >= 11 is 3.52. The lowest BCUT2D eigenvalue weighted by atomic mass is 10.2. The maximum absolute atomic E-state index is 5.70.